The normalized spacial score (nSPS) is 12.2. The lowest BCUT2D eigenvalue weighted by atomic mass is 10.0. The highest BCUT2D eigenvalue weighted by molar-refractivity contribution is 5.71. The van der Waals surface area contributed by atoms with E-state index < -0.39 is 6.10 Å². The van der Waals surface area contributed by atoms with E-state index in [9.17, 15) is 14.4 Å². The molecule has 0 aromatic rings. The van der Waals surface area contributed by atoms with Crippen molar-refractivity contribution in [1.29, 1.82) is 0 Å². The Bertz CT molecular complexity index is 1130. The molecule has 1 unspecified atom stereocenters. The number of carbonyl (C=O) groups is 3. The fourth-order valence-electron chi connectivity index (χ4n) is 8.64. The topological polar surface area (TPSA) is 78.9 Å². The highest BCUT2D eigenvalue weighted by atomic mass is 16.6. The number of allylic oxidation sites excluding steroid dienone is 6. The molecule has 392 valence electrons. The zero-order valence-electron chi connectivity index (χ0n) is 44.9. The number of carbonyl (C=O) groups excluding carboxylic acids is 3. The average Bonchev–Trinajstić information content (AvgIpc) is 3.33. The lowest BCUT2D eigenvalue weighted by Crippen LogP contribution is -2.30. The molecule has 67 heavy (non-hydrogen) atoms. The van der Waals surface area contributed by atoms with Crippen molar-refractivity contribution >= 4 is 17.9 Å². The summed E-state index contributed by atoms with van der Waals surface area (Å²) in [5.41, 5.74) is 0. The smallest absolute Gasteiger partial charge is 0.306 e. The molecule has 0 aliphatic heterocycles. The van der Waals surface area contributed by atoms with Crippen molar-refractivity contribution in [1.82, 2.24) is 0 Å². The van der Waals surface area contributed by atoms with Crippen LogP contribution in [0.25, 0.3) is 0 Å². The third kappa shape index (κ3) is 54.4. The second kappa shape index (κ2) is 56.2. The second-order valence-corrected chi connectivity index (χ2v) is 19.9. The first kappa shape index (κ1) is 64.6. The number of unbranched alkanes of at least 4 members (excludes halogenated alkanes) is 37. The summed E-state index contributed by atoms with van der Waals surface area (Å²) in [6.07, 6.45) is 67.3. The van der Waals surface area contributed by atoms with Crippen LogP contribution in [0.15, 0.2) is 36.5 Å². The van der Waals surface area contributed by atoms with Gasteiger partial charge in [0.2, 0.25) is 0 Å². The zero-order chi connectivity index (χ0) is 48.6. The van der Waals surface area contributed by atoms with E-state index in [1.807, 2.05) is 0 Å². The Hall–Kier alpha value is -2.37. The molecular weight excluding hydrogens is 829 g/mol. The van der Waals surface area contributed by atoms with Gasteiger partial charge in [0.05, 0.1) is 0 Å². The van der Waals surface area contributed by atoms with Gasteiger partial charge in [-0.25, -0.2) is 0 Å². The Labute approximate surface area is 416 Å². The zero-order valence-corrected chi connectivity index (χ0v) is 44.9. The lowest BCUT2D eigenvalue weighted by Gasteiger charge is -2.18. The summed E-state index contributed by atoms with van der Waals surface area (Å²) >= 11 is 0. The summed E-state index contributed by atoms with van der Waals surface area (Å²) in [5, 5.41) is 0. The van der Waals surface area contributed by atoms with Crippen molar-refractivity contribution in [2.24, 2.45) is 0 Å². The summed E-state index contributed by atoms with van der Waals surface area (Å²) < 4.78 is 16.8. The summed E-state index contributed by atoms with van der Waals surface area (Å²) in [6.45, 7) is 6.56. The van der Waals surface area contributed by atoms with Crippen LogP contribution in [0.1, 0.15) is 316 Å². The third-order valence-electron chi connectivity index (χ3n) is 13.1. The predicted octanol–water partition coefficient (Wildman–Crippen LogP) is 19.7. The van der Waals surface area contributed by atoms with E-state index in [2.05, 4.69) is 57.2 Å². The first-order valence-corrected chi connectivity index (χ1v) is 29.5. The molecule has 0 aromatic heterocycles. The summed E-state index contributed by atoms with van der Waals surface area (Å²) in [4.78, 5) is 38.0. The third-order valence-corrected chi connectivity index (χ3v) is 13.1. The van der Waals surface area contributed by atoms with Crippen LogP contribution >= 0.6 is 0 Å². The molecule has 6 heteroatoms. The molecule has 0 amide bonds. The van der Waals surface area contributed by atoms with Crippen molar-refractivity contribution in [3.05, 3.63) is 36.5 Å². The van der Waals surface area contributed by atoms with Gasteiger partial charge in [-0.3, -0.25) is 14.4 Å². The van der Waals surface area contributed by atoms with Crippen LogP contribution in [0.4, 0.5) is 0 Å². The van der Waals surface area contributed by atoms with Gasteiger partial charge >= 0.3 is 17.9 Å². The first-order chi connectivity index (χ1) is 33.0. The van der Waals surface area contributed by atoms with E-state index in [4.69, 9.17) is 14.2 Å². The Morgan fingerprint density at radius 3 is 0.940 bits per heavy atom. The predicted molar refractivity (Wildman–Crippen MR) is 289 cm³/mol. The molecule has 0 rings (SSSR count). The van der Waals surface area contributed by atoms with E-state index in [0.29, 0.717) is 19.3 Å². The molecule has 0 radical (unpaired) electrons. The van der Waals surface area contributed by atoms with E-state index in [-0.39, 0.29) is 31.1 Å². The number of ether oxygens (including phenoxy) is 3. The molecule has 0 saturated heterocycles. The van der Waals surface area contributed by atoms with Crippen molar-refractivity contribution in [3.8, 4) is 0 Å². The van der Waals surface area contributed by atoms with Crippen molar-refractivity contribution < 1.29 is 28.6 Å². The van der Waals surface area contributed by atoms with E-state index in [1.165, 1.54) is 180 Å². The standard InChI is InChI=1S/C61H112O6/c1-4-7-10-13-16-19-22-24-26-27-28-29-30-31-32-33-34-35-36-38-39-42-45-48-51-54-60(63)66-57-58(56-65-59(62)53-50-47-44-41-21-18-15-12-9-6-3)67-61(64)55-52-49-46-43-40-37-25-23-20-17-14-11-8-5-2/h12,14-15,17,23,25,58H,4-11,13,16,18-22,24,26-57H2,1-3H3/b15-12-,17-14-,25-23-. The Balaban J connectivity index is 4.16. The molecule has 0 spiro atoms. The molecule has 0 N–H and O–H groups in total. The van der Waals surface area contributed by atoms with Crippen molar-refractivity contribution in [3.63, 3.8) is 0 Å². The Morgan fingerprint density at radius 1 is 0.299 bits per heavy atom. The van der Waals surface area contributed by atoms with E-state index in [1.54, 1.807) is 0 Å². The molecule has 1 atom stereocenters. The fourth-order valence-corrected chi connectivity index (χ4v) is 8.64. The second-order valence-electron chi connectivity index (χ2n) is 19.9. The Morgan fingerprint density at radius 2 is 0.582 bits per heavy atom. The van der Waals surface area contributed by atoms with Crippen LogP contribution < -0.4 is 0 Å². The van der Waals surface area contributed by atoms with Gasteiger partial charge in [0.25, 0.3) is 0 Å². The molecule has 0 saturated carbocycles. The fraction of sp³-hybridized carbons (Fsp3) is 0.852. The average molecular weight is 942 g/mol. The largest absolute Gasteiger partial charge is 0.462 e. The van der Waals surface area contributed by atoms with Crippen LogP contribution in [0, 0.1) is 0 Å². The SMILES string of the molecule is CCC/C=C\CCCCCCCC(=O)OCC(COC(=O)CCCCCCCCCCCCCCCCCCCCCCCCCCC)OC(=O)CCCCCCC/C=C\C/C=C\CCCC. The van der Waals surface area contributed by atoms with Gasteiger partial charge in [0, 0.05) is 19.3 Å². The van der Waals surface area contributed by atoms with Gasteiger partial charge < -0.3 is 14.2 Å². The molecule has 0 aliphatic rings. The van der Waals surface area contributed by atoms with Gasteiger partial charge in [0.15, 0.2) is 6.10 Å². The van der Waals surface area contributed by atoms with Crippen molar-refractivity contribution in [2.45, 2.75) is 322 Å². The van der Waals surface area contributed by atoms with Crippen molar-refractivity contribution in [2.75, 3.05) is 13.2 Å². The maximum absolute atomic E-state index is 12.8. The molecule has 0 bridgehead atoms. The van der Waals surface area contributed by atoms with Gasteiger partial charge in [-0.05, 0) is 64.2 Å². The number of rotatable bonds is 54. The summed E-state index contributed by atoms with van der Waals surface area (Å²) in [5.74, 6) is -0.888. The minimum atomic E-state index is -0.779. The highest BCUT2D eigenvalue weighted by Gasteiger charge is 2.19. The Kier molecular flexibility index (Phi) is 54.2. The molecule has 0 aromatic carbocycles. The molecular formula is C61H112O6. The number of esters is 3. The summed E-state index contributed by atoms with van der Waals surface area (Å²) in [7, 11) is 0. The van der Waals surface area contributed by atoms with E-state index in [0.717, 1.165) is 96.3 Å². The highest BCUT2D eigenvalue weighted by Crippen LogP contribution is 2.17. The van der Waals surface area contributed by atoms with E-state index >= 15 is 0 Å². The number of hydrogen-bond donors (Lipinski definition) is 0. The van der Waals surface area contributed by atoms with Gasteiger partial charge in [-0.1, -0.05) is 269 Å². The quantitative estimate of drug-likeness (QED) is 0.0262. The maximum atomic E-state index is 12.8. The van der Waals surface area contributed by atoms with Crippen LogP contribution in [-0.2, 0) is 28.6 Å². The summed E-state index contributed by atoms with van der Waals surface area (Å²) in [6, 6.07) is 0. The first-order valence-electron chi connectivity index (χ1n) is 29.5. The van der Waals surface area contributed by atoms with Crippen LogP contribution in [0.3, 0.4) is 0 Å². The number of hydrogen-bond acceptors (Lipinski definition) is 6. The van der Waals surface area contributed by atoms with Crippen LogP contribution in [-0.4, -0.2) is 37.2 Å². The minimum absolute atomic E-state index is 0.0773. The maximum Gasteiger partial charge on any atom is 0.306 e. The molecule has 0 fully saturated rings. The monoisotopic (exact) mass is 941 g/mol. The van der Waals surface area contributed by atoms with Gasteiger partial charge in [-0.2, -0.15) is 0 Å². The van der Waals surface area contributed by atoms with Gasteiger partial charge in [-0.15, -0.1) is 0 Å². The molecule has 6 nitrogen and oxygen atoms in total. The molecule has 0 heterocycles. The molecule has 0 aliphatic carbocycles. The minimum Gasteiger partial charge on any atom is -0.462 e. The lowest BCUT2D eigenvalue weighted by molar-refractivity contribution is -0.167. The van der Waals surface area contributed by atoms with Crippen LogP contribution in [0.5, 0.6) is 0 Å². The van der Waals surface area contributed by atoms with Crippen LogP contribution in [0.2, 0.25) is 0 Å². The van der Waals surface area contributed by atoms with Gasteiger partial charge in [0.1, 0.15) is 13.2 Å².